The topological polar surface area (TPSA) is 243 Å². The maximum Gasteiger partial charge on any atom is 0.410 e. The van der Waals surface area contributed by atoms with Gasteiger partial charge in [0.1, 0.15) is 23.5 Å². The van der Waals surface area contributed by atoms with E-state index in [0.717, 1.165) is 45.6 Å². The van der Waals surface area contributed by atoms with Crippen molar-refractivity contribution >= 4 is 52.9 Å². The first-order valence-corrected chi connectivity index (χ1v) is 31.6. The zero-order valence-electron chi connectivity index (χ0n) is 54.4. The van der Waals surface area contributed by atoms with Crippen LogP contribution in [0.4, 0.5) is 35.7 Å². The van der Waals surface area contributed by atoms with Crippen molar-refractivity contribution in [3.63, 3.8) is 0 Å². The highest BCUT2D eigenvalue weighted by Gasteiger charge is 2.38. The molecule has 0 radical (unpaired) electrons. The number of nitrogens with zero attached hydrogens (tertiary/aromatic N) is 12. The minimum Gasteiger partial charge on any atom is -0.444 e. The Bertz CT molecular complexity index is 3430. The molecule has 2 aromatic carbocycles. The zero-order valence-corrected chi connectivity index (χ0v) is 55.2. The summed E-state index contributed by atoms with van der Waals surface area (Å²) in [5.74, 6) is 0.745. The van der Waals surface area contributed by atoms with Crippen molar-refractivity contribution in [3.8, 4) is 22.5 Å². The summed E-state index contributed by atoms with van der Waals surface area (Å²) in [6, 6.07) is 15.1. The van der Waals surface area contributed by atoms with Gasteiger partial charge in [-0.15, -0.1) is 0 Å². The number of piperidine rings is 2. The van der Waals surface area contributed by atoms with Crippen molar-refractivity contribution < 1.29 is 46.9 Å². The lowest BCUT2D eigenvalue weighted by Crippen LogP contribution is -2.55. The van der Waals surface area contributed by atoms with Crippen molar-refractivity contribution in [2.45, 2.75) is 182 Å². The van der Waals surface area contributed by atoms with Crippen LogP contribution in [0, 0.1) is 13.8 Å². The molecule has 4 aromatic heterocycles. The normalized spacial score (nSPS) is 18.8. The van der Waals surface area contributed by atoms with Gasteiger partial charge >= 0.3 is 12.2 Å². The van der Waals surface area contributed by atoms with E-state index >= 15 is 4.39 Å². The van der Waals surface area contributed by atoms with Gasteiger partial charge in [-0.25, -0.2) is 38.3 Å². The van der Waals surface area contributed by atoms with Crippen molar-refractivity contribution in [2.75, 3.05) is 63.4 Å². The fourth-order valence-electron chi connectivity index (χ4n) is 11.0. The Hall–Kier alpha value is -7.83. The predicted molar refractivity (Wildman–Crippen MR) is 344 cm³/mol. The van der Waals surface area contributed by atoms with Crippen molar-refractivity contribution in [1.29, 1.82) is 0 Å². The smallest absolute Gasteiger partial charge is 0.410 e. The summed E-state index contributed by atoms with van der Waals surface area (Å²) in [6.45, 7) is 26.5. The first-order chi connectivity index (χ1) is 43.0. The molecule has 4 amide bonds. The molecule has 492 valence electrons. The molecule has 4 aliphatic rings. The van der Waals surface area contributed by atoms with Crippen LogP contribution in [0.5, 0.6) is 0 Å². The van der Waals surface area contributed by atoms with E-state index in [1.54, 1.807) is 77.2 Å². The van der Waals surface area contributed by atoms with E-state index in [1.807, 2.05) is 68.7 Å². The first kappa shape index (κ1) is 69.1. The summed E-state index contributed by atoms with van der Waals surface area (Å²) < 4.78 is 54.6. The van der Waals surface area contributed by atoms with Crippen LogP contribution in [-0.4, -0.2) is 183 Å². The van der Waals surface area contributed by atoms with Crippen LogP contribution in [-0.2, 0) is 41.4 Å². The molecule has 10 rings (SSSR count). The van der Waals surface area contributed by atoms with E-state index in [1.165, 1.54) is 26.2 Å². The van der Waals surface area contributed by atoms with Gasteiger partial charge in [0, 0.05) is 88.0 Å². The number of nitrogen functional groups attached to an aromatic ring is 1. The number of carbonyl (C=O) groups excluding carboxylic acids is 4. The molecule has 0 aliphatic carbocycles. The number of aryl methyl sites for hydroxylation is 4. The number of amides is 4. The summed E-state index contributed by atoms with van der Waals surface area (Å²) in [6.07, 6.45) is 10.4. The molecule has 6 aromatic rings. The number of halogens is 3. The van der Waals surface area contributed by atoms with Crippen LogP contribution >= 0.6 is 11.6 Å². The number of alkyl halides is 2. The highest BCUT2D eigenvalue weighted by molar-refractivity contribution is 6.28. The van der Waals surface area contributed by atoms with Gasteiger partial charge in [-0.2, -0.15) is 10.2 Å². The second-order valence-corrected chi connectivity index (χ2v) is 26.5. The molecule has 2 unspecified atom stereocenters. The van der Waals surface area contributed by atoms with E-state index in [-0.39, 0.29) is 60.6 Å². The van der Waals surface area contributed by atoms with Gasteiger partial charge in [-0.1, -0.05) is 24.3 Å². The quantitative estimate of drug-likeness (QED) is 0.0856. The molecule has 4 fully saturated rings. The number of nitrogens with one attached hydrogen (secondary N) is 1. The average Bonchev–Trinajstić information content (AvgIpc) is 3.93. The number of hydrogen-bond donors (Lipinski definition) is 2. The minimum atomic E-state index is -1.28. The fraction of sp³-hybridized carbons (Fsp3) is 0.545. The molecule has 0 saturated carbocycles. The molecular weight excluding hydrogens is 1190 g/mol. The van der Waals surface area contributed by atoms with Gasteiger partial charge < -0.3 is 49.6 Å². The zero-order chi connectivity index (χ0) is 65.9. The van der Waals surface area contributed by atoms with E-state index in [9.17, 15) is 23.6 Å². The minimum absolute atomic E-state index is 0.0132. The summed E-state index contributed by atoms with van der Waals surface area (Å²) in [7, 11) is 0. The van der Waals surface area contributed by atoms with E-state index < -0.39 is 41.8 Å². The molecule has 4 aliphatic heterocycles. The molecule has 8 heterocycles. The molecule has 0 bridgehead atoms. The van der Waals surface area contributed by atoms with Crippen LogP contribution in [0.2, 0.25) is 5.28 Å². The third-order valence-electron chi connectivity index (χ3n) is 15.6. The fourth-order valence-corrected chi connectivity index (χ4v) is 11.1. The summed E-state index contributed by atoms with van der Waals surface area (Å²) >= 11 is 5.86. The standard InChI is InChI=1S/C33H44FN7O4.C20H24ClN3O2.C13H21FN4O2/c1-21(2)44-26-18-40(19-26)30(42)10-9-23-7-8-24(15-22(23)3)28-11-13-35-31(38-28)37-25-16-36-41(17-25)29-12-14-39(20-27(29)34)32(43)45-33(4,5)6;1-13(2)26-17-11-24(12-17)19(25)7-6-15-4-5-16(10-14(15)3)18-8-9-22-20(21)23-18;1-13(2,3)20-12(19)17-5-4-11(10(14)8-17)18-7-9(15)6-16-18/h7-8,11,13,15-17,21,26-27,29H,9-10,12,14,18-20H2,1-6H3,(H,35,37,38);4-5,8-10,13,17H,6-7,11-12H2,1-3H3;6-7,10-11H,4-5,8,15H2,1-3H3/t27-,29-;;/m0../s1. The maximum absolute atomic E-state index is 15.1. The second kappa shape index (κ2) is 30.5. The first-order valence-electron chi connectivity index (χ1n) is 31.3. The van der Waals surface area contributed by atoms with Crippen LogP contribution in [0.3, 0.4) is 0 Å². The number of nitrogens with two attached hydrogens (primary N) is 1. The number of rotatable bonds is 16. The van der Waals surface area contributed by atoms with Gasteiger partial charge in [0.25, 0.3) is 0 Å². The Morgan fingerprint density at radius 2 is 1.08 bits per heavy atom. The lowest BCUT2D eigenvalue weighted by molar-refractivity contribution is -0.148. The van der Waals surface area contributed by atoms with Gasteiger partial charge in [-0.05, 0) is 167 Å². The SMILES string of the molecule is CC(C)(C)OC(=O)N1CCC(n2cc(N)cn2)C(F)C1.Cc1cc(-c2ccnc(Cl)n2)ccc1CCC(=O)N1CC(OC(C)C)C1.Cc1cc(-c2ccnc(Nc3cnn([C@H]4CCN(C(=O)OC(C)(C)C)C[C@@H]4F)c3)n2)ccc1CCC(=O)N1CC(OC(C)C)C1. The molecule has 4 saturated heterocycles. The third kappa shape index (κ3) is 20.1. The Balaban J connectivity index is 0.000000195. The maximum atomic E-state index is 15.1. The number of hydrogen-bond acceptors (Lipinski definition) is 16. The number of anilines is 3. The summed E-state index contributed by atoms with van der Waals surface area (Å²) in [5.41, 5.74) is 13.6. The molecule has 4 atom stereocenters. The third-order valence-corrected chi connectivity index (χ3v) is 15.8. The van der Waals surface area contributed by atoms with Gasteiger partial charge in [0.15, 0.2) is 0 Å². The molecule has 91 heavy (non-hydrogen) atoms. The lowest BCUT2D eigenvalue weighted by atomic mass is 9.99. The predicted octanol–water partition coefficient (Wildman–Crippen LogP) is 11.1. The van der Waals surface area contributed by atoms with Gasteiger partial charge in [-0.3, -0.25) is 19.0 Å². The van der Waals surface area contributed by atoms with Crippen LogP contribution in [0.1, 0.15) is 129 Å². The van der Waals surface area contributed by atoms with E-state index in [2.05, 4.69) is 66.6 Å². The van der Waals surface area contributed by atoms with Crippen LogP contribution in [0.25, 0.3) is 22.5 Å². The number of carbonyl (C=O) groups is 4. The van der Waals surface area contributed by atoms with Crippen molar-refractivity contribution in [3.05, 3.63) is 113 Å². The van der Waals surface area contributed by atoms with Crippen LogP contribution in [0.15, 0.2) is 85.7 Å². The van der Waals surface area contributed by atoms with Crippen LogP contribution < -0.4 is 11.1 Å². The Morgan fingerprint density at radius 1 is 0.626 bits per heavy atom. The van der Waals surface area contributed by atoms with E-state index in [4.69, 9.17) is 36.3 Å². The monoisotopic (exact) mass is 1280 g/mol. The molecule has 22 nitrogen and oxygen atoms in total. The number of aromatic nitrogens is 8. The lowest BCUT2D eigenvalue weighted by Gasteiger charge is -2.40. The van der Waals surface area contributed by atoms with Crippen molar-refractivity contribution in [1.82, 2.24) is 59.1 Å². The second-order valence-electron chi connectivity index (χ2n) is 26.2. The Labute approximate surface area is 537 Å². The largest absolute Gasteiger partial charge is 0.444 e. The number of likely N-dealkylation sites (tertiary alicyclic amines) is 4. The Morgan fingerprint density at radius 3 is 1.49 bits per heavy atom. The van der Waals surface area contributed by atoms with Gasteiger partial charge in [0.05, 0.1) is 84.7 Å². The van der Waals surface area contributed by atoms with E-state index in [0.29, 0.717) is 88.7 Å². The molecule has 25 heteroatoms. The highest BCUT2D eigenvalue weighted by atomic mass is 35.5. The number of benzene rings is 2. The highest BCUT2D eigenvalue weighted by Crippen LogP contribution is 2.31. The Kier molecular flexibility index (Phi) is 23.2. The number of ether oxygens (including phenoxy) is 4. The average molecular weight is 1280 g/mol. The summed E-state index contributed by atoms with van der Waals surface area (Å²) in [5, 5.41) is 11.8. The molecule has 0 spiro atoms. The molecule has 3 N–H and O–H groups in total. The molecular formula is C66H89ClF2N14O8. The van der Waals surface area contributed by atoms with Crippen molar-refractivity contribution in [2.24, 2.45) is 0 Å². The van der Waals surface area contributed by atoms with Gasteiger partial charge in [0.2, 0.25) is 23.0 Å². The summed E-state index contributed by atoms with van der Waals surface area (Å²) in [4.78, 5) is 72.9.